The normalized spacial score (nSPS) is 14.0. The quantitative estimate of drug-likeness (QED) is 0.763. The van der Waals surface area contributed by atoms with Crippen molar-refractivity contribution >= 4 is 0 Å². The monoisotopic (exact) mass is 225 g/mol. The number of nitrogens with one attached hydrogen (secondary N) is 1. The second-order valence-corrected chi connectivity index (χ2v) is 2.93. The van der Waals surface area contributed by atoms with Crippen LogP contribution in [0.25, 0.3) is 0 Å². The van der Waals surface area contributed by atoms with Crippen LogP contribution in [0.4, 0.5) is 22.0 Å². The summed E-state index contributed by atoms with van der Waals surface area (Å²) in [6.07, 6.45) is -4.66. The molecule has 6 heteroatoms. The third kappa shape index (κ3) is 2.65. The van der Waals surface area contributed by atoms with Gasteiger partial charge in [0, 0.05) is 5.56 Å². The number of rotatable bonds is 2. The summed E-state index contributed by atoms with van der Waals surface area (Å²) in [5.41, 5.74) is -0.745. The van der Waals surface area contributed by atoms with E-state index in [1.807, 2.05) is 5.32 Å². The Kier molecular flexibility index (Phi) is 3.28. The molecule has 1 unspecified atom stereocenters. The van der Waals surface area contributed by atoms with Gasteiger partial charge in [0.2, 0.25) is 0 Å². The Balaban J connectivity index is 3.18. The summed E-state index contributed by atoms with van der Waals surface area (Å²) in [4.78, 5) is 0. The Morgan fingerprint density at radius 2 is 1.80 bits per heavy atom. The fraction of sp³-hybridized carbons (Fsp3) is 0.333. The van der Waals surface area contributed by atoms with E-state index in [-0.39, 0.29) is 0 Å². The molecule has 0 spiro atoms. The van der Waals surface area contributed by atoms with Crippen molar-refractivity contribution in [2.24, 2.45) is 0 Å². The number of hydrogen-bond donors (Lipinski definition) is 1. The zero-order valence-corrected chi connectivity index (χ0v) is 7.70. The topological polar surface area (TPSA) is 12.0 Å². The van der Waals surface area contributed by atoms with E-state index in [9.17, 15) is 22.0 Å². The van der Waals surface area contributed by atoms with Gasteiger partial charge in [0.15, 0.2) is 0 Å². The van der Waals surface area contributed by atoms with Gasteiger partial charge < -0.3 is 5.32 Å². The SMILES string of the molecule is CNC(c1cc(F)ccc1F)C(F)(F)F. The molecule has 1 aromatic carbocycles. The highest BCUT2D eigenvalue weighted by atomic mass is 19.4. The van der Waals surface area contributed by atoms with E-state index >= 15 is 0 Å². The van der Waals surface area contributed by atoms with Gasteiger partial charge in [0.1, 0.15) is 17.7 Å². The highest BCUT2D eigenvalue weighted by Gasteiger charge is 2.41. The molecule has 0 saturated carbocycles. The van der Waals surface area contributed by atoms with E-state index in [1.165, 1.54) is 0 Å². The van der Waals surface area contributed by atoms with Gasteiger partial charge >= 0.3 is 6.18 Å². The lowest BCUT2D eigenvalue weighted by molar-refractivity contribution is -0.157. The first-order valence-electron chi connectivity index (χ1n) is 4.05. The smallest absolute Gasteiger partial charge is 0.305 e. The summed E-state index contributed by atoms with van der Waals surface area (Å²) in [5.74, 6) is -2.00. The van der Waals surface area contributed by atoms with Crippen LogP contribution in [0, 0.1) is 11.6 Å². The maximum absolute atomic E-state index is 13.0. The van der Waals surface area contributed by atoms with Crippen LogP contribution in [-0.2, 0) is 0 Å². The molecule has 1 atom stereocenters. The van der Waals surface area contributed by atoms with Crippen LogP contribution >= 0.6 is 0 Å². The van der Waals surface area contributed by atoms with Gasteiger partial charge in [-0.15, -0.1) is 0 Å². The second kappa shape index (κ2) is 4.14. The van der Waals surface area contributed by atoms with Crippen molar-refractivity contribution < 1.29 is 22.0 Å². The number of benzene rings is 1. The highest BCUT2D eigenvalue weighted by molar-refractivity contribution is 5.23. The van der Waals surface area contributed by atoms with Crippen molar-refractivity contribution in [3.05, 3.63) is 35.4 Å². The van der Waals surface area contributed by atoms with E-state index in [2.05, 4.69) is 0 Å². The van der Waals surface area contributed by atoms with Crippen LogP contribution in [0.15, 0.2) is 18.2 Å². The molecule has 0 aliphatic carbocycles. The molecule has 0 bridgehead atoms. The molecular formula is C9H8F5N. The summed E-state index contributed by atoms with van der Waals surface area (Å²) >= 11 is 0. The third-order valence-electron chi connectivity index (χ3n) is 1.89. The first-order chi connectivity index (χ1) is 6.86. The van der Waals surface area contributed by atoms with Crippen LogP contribution in [0.2, 0.25) is 0 Å². The van der Waals surface area contributed by atoms with Crippen molar-refractivity contribution in [1.29, 1.82) is 0 Å². The molecule has 0 aromatic heterocycles. The molecule has 0 radical (unpaired) electrons. The van der Waals surface area contributed by atoms with Crippen LogP contribution in [0.1, 0.15) is 11.6 Å². The Labute approximate surface area is 82.9 Å². The van der Waals surface area contributed by atoms with E-state index in [1.54, 1.807) is 0 Å². The number of hydrogen-bond acceptors (Lipinski definition) is 1. The molecular weight excluding hydrogens is 217 g/mol. The van der Waals surface area contributed by atoms with Crippen LogP contribution in [0.3, 0.4) is 0 Å². The zero-order valence-electron chi connectivity index (χ0n) is 7.70. The molecule has 1 rings (SSSR count). The summed E-state index contributed by atoms with van der Waals surface area (Å²) in [7, 11) is 1.03. The van der Waals surface area contributed by atoms with E-state index in [0.717, 1.165) is 13.1 Å². The minimum absolute atomic E-state index is 0.532. The average molecular weight is 225 g/mol. The molecule has 0 aliphatic heterocycles. The van der Waals surface area contributed by atoms with E-state index < -0.39 is 29.4 Å². The average Bonchev–Trinajstić information content (AvgIpc) is 2.10. The minimum atomic E-state index is -4.66. The first kappa shape index (κ1) is 11.9. The van der Waals surface area contributed by atoms with Crippen molar-refractivity contribution in [3.8, 4) is 0 Å². The maximum atomic E-state index is 13.0. The molecule has 0 fully saturated rings. The van der Waals surface area contributed by atoms with Gasteiger partial charge in [0.05, 0.1) is 0 Å². The number of alkyl halides is 3. The van der Waals surface area contributed by atoms with Crippen LogP contribution in [-0.4, -0.2) is 13.2 Å². The van der Waals surface area contributed by atoms with Crippen molar-refractivity contribution in [2.45, 2.75) is 12.2 Å². The Bertz CT molecular complexity index is 347. The molecule has 0 aliphatic rings. The molecule has 1 nitrogen and oxygen atoms in total. The lowest BCUT2D eigenvalue weighted by Gasteiger charge is -2.20. The molecule has 1 N–H and O–H groups in total. The maximum Gasteiger partial charge on any atom is 0.408 e. The fourth-order valence-corrected chi connectivity index (χ4v) is 1.23. The molecule has 0 heterocycles. The molecule has 0 amide bonds. The largest absolute Gasteiger partial charge is 0.408 e. The minimum Gasteiger partial charge on any atom is -0.305 e. The van der Waals surface area contributed by atoms with Crippen LogP contribution in [0.5, 0.6) is 0 Å². The lowest BCUT2D eigenvalue weighted by Crippen LogP contribution is -2.32. The van der Waals surface area contributed by atoms with E-state index in [4.69, 9.17) is 0 Å². The summed E-state index contributed by atoms with van der Waals surface area (Å²) in [5, 5.41) is 1.89. The van der Waals surface area contributed by atoms with Crippen molar-refractivity contribution in [2.75, 3.05) is 7.05 Å². The fourth-order valence-electron chi connectivity index (χ4n) is 1.23. The van der Waals surface area contributed by atoms with Crippen molar-refractivity contribution in [1.82, 2.24) is 5.32 Å². The van der Waals surface area contributed by atoms with Gasteiger partial charge in [0.25, 0.3) is 0 Å². The number of halogens is 5. The Morgan fingerprint density at radius 1 is 1.20 bits per heavy atom. The lowest BCUT2D eigenvalue weighted by atomic mass is 10.1. The van der Waals surface area contributed by atoms with Crippen molar-refractivity contribution in [3.63, 3.8) is 0 Å². The van der Waals surface area contributed by atoms with Gasteiger partial charge in [-0.1, -0.05) is 0 Å². The van der Waals surface area contributed by atoms with Gasteiger partial charge in [-0.3, -0.25) is 0 Å². The first-order valence-corrected chi connectivity index (χ1v) is 4.05. The zero-order chi connectivity index (χ0) is 11.6. The molecule has 84 valence electrons. The molecule has 1 aromatic rings. The molecule has 15 heavy (non-hydrogen) atoms. The third-order valence-corrected chi connectivity index (χ3v) is 1.89. The predicted octanol–water partition coefficient (Wildman–Crippen LogP) is 2.79. The standard InChI is InChI=1S/C9H8F5N/c1-15-8(9(12,13)14)6-4-5(10)2-3-7(6)11/h2-4,8,15H,1H3. The van der Waals surface area contributed by atoms with Gasteiger partial charge in [-0.05, 0) is 25.2 Å². The molecule has 0 saturated heterocycles. The second-order valence-electron chi connectivity index (χ2n) is 2.93. The van der Waals surface area contributed by atoms with Gasteiger partial charge in [-0.2, -0.15) is 13.2 Å². The predicted molar refractivity (Wildman–Crippen MR) is 44.2 cm³/mol. The Hall–Kier alpha value is -1.17. The highest BCUT2D eigenvalue weighted by Crippen LogP contribution is 2.33. The summed E-state index contributed by atoms with van der Waals surface area (Å²) in [6, 6.07) is -0.236. The van der Waals surface area contributed by atoms with Crippen LogP contribution < -0.4 is 5.32 Å². The van der Waals surface area contributed by atoms with E-state index in [0.29, 0.717) is 12.1 Å². The van der Waals surface area contributed by atoms with Gasteiger partial charge in [-0.25, -0.2) is 8.78 Å². The summed E-state index contributed by atoms with van der Waals surface area (Å²) in [6.45, 7) is 0. The summed E-state index contributed by atoms with van der Waals surface area (Å²) < 4.78 is 62.8. The Morgan fingerprint density at radius 3 is 2.27 bits per heavy atom.